The molecule has 0 saturated heterocycles. The van der Waals surface area contributed by atoms with Gasteiger partial charge >= 0.3 is 6.18 Å². The van der Waals surface area contributed by atoms with Crippen LogP contribution in [0.15, 0.2) is 66.0 Å². The summed E-state index contributed by atoms with van der Waals surface area (Å²) in [6, 6.07) is 14.2. The summed E-state index contributed by atoms with van der Waals surface area (Å²) in [5, 5.41) is 0.391. The number of thioether (sulfide) groups is 1. The number of amides is 1. The number of aromatic nitrogens is 2. The van der Waals surface area contributed by atoms with Crippen molar-refractivity contribution < 1.29 is 18.0 Å². The zero-order valence-corrected chi connectivity index (χ0v) is 14.2. The third kappa shape index (κ3) is 3.91. The molecule has 0 unspecified atom stereocenters. The summed E-state index contributed by atoms with van der Waals surface area (Å²) in [7, 11) is 0. The van der Waals surface area contributed by atoms with Gasteiger partial charge in [0.25, 0.3) is 0 Å². The minimum Gasteiger partial charge on any atom is -0.369 e. The molecule has 0 fully saturated rings. The molecule has 0 bridgehead atoms. The van der Waals surface area contributed by atoms with Crippen molar-refractivity contribution in [1.82, 2.24) is 9.55 Å². The lowest BCUT2D eigenvalue weighted by Gasteiger charge is -2.14. The number of carbonyl (C=O) groups is 1. The third-order valence-corrected chi connectivity index (χ3v) is 4.55. The number of hydrogen-bond donors (Lipinski definition) is 1. The fraction of sp³-hybridized carbons (Fsp3) is 0.111. The first-order valence-electron chi connectivity index (χ1n) is 7.58. The second kappa shape index (κ2) is 7.25. The lowest BCUT2D eigenvalue weighted by Crippen LogP contribution is -2.14. The molecule has 0 aliphatic heterocycles. The number of nitrogens with two attached hydrogens (primary N) is 1. The van der Waals surface area contributed by atoms with Crippen LogP contribution in [0.2, 0.25) is 0 Å². The molecule has 26 heavy (non-hydrogen) atoms. The Labute approximate surface area is 151 Å². The van der Waals surface area contributed by atoms with Crippen molar-refractivity contribution in [3.63, 3.8) is 0 Å². The van der Waals surface area contributed by atoms with Gasteiger partial charge in [-0.3, -0.25) is 9.36 Å². The van der Waals surface area contributed by atoms with Crippen molar-refractivity contribution in [2.45, 2.75) is 11.3 Å². The van der Waals surface area contributed by atoms with Crippen LogP contribution in [-0.2, 0) is 11.0 Å². The van der Waals surface area contributed by atoms with Crippen LogP contribution in [0.5, 0.6) is 0 Å². The van der Waals surface area contributed by atoms with E-state index < -0.39 is 17.6 Å². The van der Waals surface area contributed by atoms with Crippen molar-refractivity contribution in [3.05, 3.63) is 66.4 Å². The van der Waals surface area contributed by atoms with Gasteiger partial charge in [-0.05, 0) is 18.2 Å². The quantitative estimate of drug-likeness (QED) is 0.680. The largest absolute Gasteiger partial charge is 0.416 e. The van der Waals surface area contributed by atoms with Crippen molar-refractivity contribution >= 4 is 17.7 Å². The summed E-state index contributed by atoms with van der Waals surface area (Å²) in [5.74, 6) is -0.556. The predicted molar refractivity (Wildman–Crippen MR) is 93.9 cm³/mol. The number of hydrogen-bond acceptors (Lipinski definition) is 3. The Morgan fingerprint density at radius 3 is 2.50 bits per heavy atom. The summed E-state index contributed by atoms with van der Waals surface area (Å²) in [4.78, 5) is 15.4. The lowest BCUT2D eigenvalue weighted by atomic mass is 10.1. The van der Waals surface area contributed by atoms with Crippen LogP contribution in [0.3, 0.4) is 0 Å². The van der Waals surface area contributed by atoms with Crippen molar-refractivity contribution in [2.24, 2.45) is 5.73 Å². The van der Waals surface area contributed by atoms with Gasteiger partial charge in [-0.15, -0.1) is 0 Å². The van der Waals surface area contributed by atoms with Gasteiger partial charge in [0.1, 0.15) is 0 Å². The fourth-order valence-electron chi connectivity index (χ4n) is 2.46. The molecule has 2 aromatic carbocycles. The number of primary amides is 1. The minimum atomic E-state index is -4.45. The van der Waals surface area contributed by atoms with Gasteiger partial charge < -0.3 is 5.73 Å². The van der Waals surface area contributed by atoms with Crippen molar-refractivity contribution in [1.29, 1.82) is 0 Å². The van der Waals surface area contributed by atoms with Crippen LogP contribution in [0.4, 0.5) is 13.2 Å². The molecule has 0 atom stereocenters. The molecular weight excluding hydrogens is 363 g/mol. The van der Waals surface area contributed by atoms with E-state index in [1.165, 1.54) is 6.07 Å². The van der Waals surface area contributed by atoms with Gasteiger partial charge in [0.2, 0.25) is 5.91 Å². The van der Waals surface area contributed by atoms with Gasteiger partial charge in [-0.2, -0.15) is 13.2 Å². The first kappa shape index (κ1) is 18.1. The normalized spacial score (nSPS) is 11.5. The Morgan fingerprint density at radius 2 is 1.85 bits per heavy atom. The standard InChI is InChI=1S/C18H14F3N3OS/c19-18(20,21)13-7-4-8-14(9-13)24-15(12-5-2-1-3-6-12)10-23-17(24)26-11-16(22)25/h1-10H,11H2,(H2,22,25). The molecule has 0 aliphatic carbocycles. The topological polar surface area (TPSA) is 60.9 Å². The van der Waals surface area contributed by atoms with Crippen molar-refractivity contribution in [2.75, 3.05) is 5.75 Å². The Balaban J connectivity index is 2.14. The summed E-state index contributed by atoms with van der Waals surface area (Å²) >= 11 is 1.07. The summed E-state index contributed by atoms with van der Waals surface area (Å²) in [6.45, 7) is 0. The predicted octanol–water partition coefficient (Wildman–Crippen LogP) is 4.14. The lowest BCUT2D eigenvalue weighted by molar-refractivity contribution is -0.137. The van der Waals surface area contributed by atoms with Crippen LogP contribution < -0.4 is 5.73 Å². The zero-order chi connectivity index (χ0) is 18.7. The number of imidazole rings is 1. The van der Waals surface area contributed by atoms with E-state index in [9.17, 15) is 18.0 Å². The van der Waals surface area contributed by atoms with Crippen molar-refractivity contribution in [3.8, 4) is 16.9 Å². The highest BCUT2D eigenvalue weighted by molar-refractivity contribution is 7.99. The summed E-state index contributed by atoms with van der Waals surface area (Å²) in [5.41, 5.74) is 6.15. The van der Waals surface area contributed by atoms with Gasteiger partial charge in [0.15, 0.2) is 5.16 Å². The van der Waals surface area contributed by atoms with Gasteiger partial charge in [-0.1, -0.05) is 48.2 Å². The Bertz CT molecular complexity index is 923. The Morgan fingerprint density at radius 1 is 1.12 bits per heavy atom. The fourth-order valence-corrected chi connectivity index (χ4v) is 3.19. The van der Waals surface area contributed by atoms with E-state index in [0.29, 0.717) is 16.5 Å². The number of nitrogens with zero attached hydrogens (tertiary/aromatic N) is 2. The van der Waals surface area contributed by atoms with E-state index in [2.05, 4.69) is 4.98 Å². The average Bonchev–Trinajstić information content (AvgIpc) is 3.04. The number of halogens is 3. The third-order valence-electron chi connectivity index (χ3n) is 3.57. The molecule has 134 valence electrons. The molecule has 3 aromatic rings. The molecule has 1 amide bonds. The van der Waals surface area contributed by atoms with Crippen LogP contribution in [0.1, 0.15) is 5.56 Å². The Hall–Kier alpha value is -2.74. The van der Waals surface area contributed by atoms with Crippen LogP contribution in [0.25, 0.3) is 16.9 Å². The van der Waals surface area contributed by atoms with E-state index in [-0.39, 0.29) is 5.75 Å². The van der Waals surface area contributed by atoms with E-state index in [1.54, 1.807) is 16.8 Å². The van der Waals surface area contributed by atoms with E-state index in [0.717, 1.165) is 29.5 Å². The molecule has 0 radical (unpaired) electrons. The van der Waals surface area contributed by atoms with E-state index in [4.69, 9.17) is 5.73 Å². The number of carbonyl (C=O) groups excluding carboxylic acids is 1. The van der Waals surface area contributed by atoms with E-state index in [1.807, 2.05) is 30.3 Å². The SMILES string of the molecule is NC(=O)CSc1ncc(-c2ccccc2)n1-c1cccc(C(F)(F)F)c1. The number of benzene rings is 2. The average molecular weight is 377 g/mol. The molecule has 0 spiro atoms. The smallest absolute Gasteiger partial charge is 0.369 e. The van der Waals surface area contributed by atoms with Gasteiger partial charge in [0, 0.05) is 11.3 Å². The van der Waals surface area contributed by atoms with Gasteiger partial charge in [0.05, 0.1) is 23.2 Å². The molecule has 3 rings (SSSR count). The highest BCUT2D eigenvalue weighted by atomic mass is 32.2. The molecule has 1 aromatic heterocycles. The molecular formula is C18H14F3N3OS. The highest BCUT2D eigenvalue weighted by Crippen LogP contribution is 2.34. The highest BCUT2D eigenvalue weighted by Gasteiger charge is 2.31. The maximum absolute atomic E-state index is 13.1. The molecule has 2 N–H and O–H groups in total. The van der Waals surface area contributed by atoms with Crippen LogP contribution in [0, 0.1) is 0 Å². The first-order chi connectivity index (χ1) is 12.4. The summed E-state index contributed by atoms with van der Waals surface area (Å²) < 4.78 is 40.9. The van der Waals surface area contributed by atoms with Crippen LogP contribution in [-0.4, -0.2) is 21.2 Å². The molecule has 1 heterocycles. The summed E-state index contributed by atoms with van der Waals surface area (Å²) in [6.07, 6.45) is -2.89. The maximum Gasteiger partial charge on any atom is 0.416 e. The molecule has 4 nitrogen and oxygen atoms in total. The second-order valence-electron chi connectivity index (χ2n) is 5.43. The number of alkyl halides is 3. The number of rotatable bonds is 5. The molecule has 8 heteroatoms. The van der Waals surface area contributed by atoms with Gasteiger partial charge in [-0.25, -0.2) is 4.98 Å². The minimum absolute atomic E-state index is 0.0236. The second-order valence-corrected chi connectivity index (χ2v) is 6.37. The zero-order valence-electron chi connectivity index (χ0n) is 13.4. The molecule has 0 saturated carbocycles. The monoisotopic (exact) mass is 377 g/mol. The Kier molecular flexibility index (Phi) is 5.03. The molecule has 0 aliphatic rings. The maximum atomic E-state index is 13.1. The van der Waals surface area contributed by atoms with E-state index >= 15 is 0 Å². The first-order valence-corrected chi connectivity index (χ1v) is 8.57. The van der Waals surface area contributed by atoms with Crippen LogP contribution >= 0.6 is 11.8 Å².